The summed E-state index contributed by atoms with van der Waals surface area (Å²) in [6.07, 6.45) is 1.84. The molecule has 0 fully saturated rings. The number of pyridine rings is 1. The summed E-state index contributed by atoms with van der Waals surface area (Å²) in [5, 5.41) is 6.07. The molecule has 0 radical (unpaired) electrons. The number of ether oxygens (including phenoxy) is 1. The zero-order valence-electron chi connectivity index (χ0n) is 11.4. The molecule has 0 atom stereocenters. The highest BCUT2D eigenvalue weighted by molar-refractivity contribution is 6.37. The number of anilines is 2. The molecule has 0 aliphatic rings. The van der Waals surface area contributed by atoms with Crippen LogP contribution in [0.5, 0.6) is 0 Å². The lowest BCUT2D eigenvalue weighted by molar-refractivity contribution is 0.211. The standard InChI is InChI=1S/C14H18ClN3O/c1-18(2)14-13-10(5-4-6-11(13)15)12(9-17-14)16-7-8-19-3/h4-6,9,16H,7-8H2,1-3H3. The van der Waals surface area contributed by atoms with E-state index in [-0.39, 0.29) is 0 Å². The third-order valence-electron chi connectivity index (χ3n) is 2.89. The molecule has 2 aromatic rings. The average molecular weight is 280 g/mol. The minimum atomic E-state index is 0.650. The van der Waals surface area contributed by atoms with Crippen molar-refractivity contribution in [1.82, 2.24) is 4.98 Å². The number of nitrogens with zero attached hydrogens (tertiary/aromatic N) is 2. The van der Waals surface area contributed by atoms with Crippen molar-refractivity contribution < 1.29 is 4.74 Å². The monoisotopic (exact) mass is 279 g/mol. The summed E-state index contributed by atoms with van der Waals surface area (Å²) in [5.74, 6) is 0.873. The summed E-state index contributed by atoms with van der Waals surface area (Å²) in [7, 11) is 5.61. The van der Waals surface area contributed by atoms with Gasteiger partial charge in [-0.25, -0.2) is 4.98 Å². The van der Waals surface area contributed by atoms with Gasteiger partial charge >= 0.3 is 0 Å². The smallest absolute Gasteiger partial charge is 0.137 e. The first kappa shape index (κ1) is 13.9. The fourth-order valence-corrected chi connectivity index (χ4v) is 2.26. The van der Waals surface area contributed by atoms with E-state index in [0.717, 1.165) is 28.8 Å². The molecule has 0 aliphatic heterocycles. The SMILES string of the molecule is COCCNc1cnc(N(C)C)c2c(Cl)cccc12. The van der Waals surface area contributed by atoms with Crippen molar-refractivity contribution in [2.75, 3.05) is 44.6 Å². The second-order valence-electron chi connectivity index (χ2n) is 4.47. The molecule has 0 bridgehead atoms. The van der Waals surface area contributed by atoms with Gasteiger partial charge in [-0.3, -0.25) is 0 Å². The van der Waals surface area contributed by atoms with Crippen molar-refractivity contribution in [3.63, 3.8) is 0 Å². The Hall–Kier alpha value is -1.52. The normalized spacial score (nSPS) is 10.7. The Bertz CT molecular complexity index is 572. The average Bonchev–Trinajstić information content (AvgIpc) is 2.39. The summed E-state index contributed by atoms with van der Waals surface area (Å²) in [4.78, 5) is 6.45. The van der Waals surface area contributed by atoms with Gasteiger partial charge in [0.1, 0.15) is 5.82 Å². The minimum Gasteiger partial charge on any atom is -0.383 e. The van der Waals surface area contributed by atoms with Crippen LogP contribution in [0.15, 0.2) is 24.4 Å². The van der Waals surface area contributed by atoms with Crippen LogP contribution in [-0.2, 0) is 4.74 Å². The molecule has 0 saturated heterocycles. The predicted molar refractivity (Wildman–Crippen MR) is 81.4 cm³/mol. The molecule has 0 unspecified atom stereocenters. The first-order valence-electron chi connectivity index (χ1n) is 6.12. The lowest BCUT2D eigenvalue weighted by atomic mass is 10.1. The molecule has 102 valence electrons. The molecular weight excluding hydrogens is 262 g/mol. The van der Waals surface area contributed by atoms with Gasteiger partial charge in [0, 0.05) is 38.5 Å². The quantitative estimate of drug-likeness (QED) is 0.854. The number of methoxy groups -OCH3 is 1. The zero-order chi connectivity index (χ0) is 13.8. The van der Waals surface area contributed by atoms with Gasteiger partial charge in [-0.15, -0.1) is 0 Å². The maximum atomic E-state index is 6.32. The van der Waals surface area contributed by atoms with Crippen molar-refractivity contribution in [2.45, 2.75) is 0 Å². The van der Waals surface area contributed by atoms with Gasteiger partial charge in [-0.05, 0) is 6.07 Å². The molecule has 5 heteroatoms. The van der Waals surface area contributed by atoms with Crippen LogP contribution >= 0.6 is 11.6 Å². The molecule has 1 aromatic heterocycles. The van der Waals surface area contributed by atoms with E-state index in [1.165, 1.54) is 0 Å². The highest BCUT2D eigenvalue weighted by atomic mass is 35.5. The number of halogens is 1. The van der Waals surface area contributed by atoms with Crippen molar-refractivity contribution in [2.24, 2.45) is 0 Å². The molecule has 0 amide bonds. The second-order valence-corrected chi connectivity index (χ2v) is 4.88. The number of hydrogen-bond acceptors (Lipinski definition) is 4. The van der Waals surface area contributed by atoms with Crippen molar-refractivity contribution >= 4 is 33.9 Å². The van der Waals surface area contributed by atoms with Gasteiger partial charge in [-0.2, -0.15) is 0 Å². The Labute approximate surface area is 118 Å². The Kier molecular flexibility index (Phi) is 4.45. The number of aromatic nitrogens is 1. The van der Waals surface area contributed by atoms with E-state index in [0.29, 0.717) is 11.6 Å². The molecule has 0 saturated carbocycles. The molecule has 1 N–H and O–H groups in total. The molecule has 0 aliphatic carbocycles. The summed E-state index contributed by atoms with van der Waals surface area (Å²) < 4.78 is 5.04. The van der Waals surface area contributed by atoms with Crippen LogP contribution in [0.3, 0.4) is 0 Å². The van der Waals surface area contributed by atoms with E-state index in [4.69, 9.17) is 16.3 Å². The van der Waals surface area contributed by atoms with Gasteiger partial charge in [0.25, 0.3) is 0 Å². The number of nitrogens with one attached hydrogen (secondary N) is 1. The predicted octanol–water partition coefficient (Wildman–Crippen LogP) is 3.01. The molecule has 19 heavy (non-hydrogen) atoms. The highest BCUT2D eigenvalue weighted by Crippen LogP contribution is 2.34. The van der Waals surface area contributed by atoms with Crippen LogP contribution < -0.4 is 10.2 Å². The Balaban J connectivity index is 2.50. The van der Waals surface area contributed by atoms with Crippen molar-refractivity contribution in [3.05, 3.63) is 29.4 Å². The van der Waals surface area contributed by atoms with Crippen LogP contribution in [0.4, 0.5) is 11.5 Å². The topological polar surface area (TPSA) is 37.4 Å². The number of benzene rings is 1. The van der Waals surface area contributed by atoms with Crippen LogP contribution in [0, 0.1) is 0 Å². The minimum absolute atomic E-state index is 0.650. The number of rotatable bonds is 5. The zero-order valence-corrected chi connectivity index (χ0v) is 12.2. The summed E-state index contributed by atoms with van der Waals surface area (Å²) in [6, 6.07) is 5.88. The van der Waals surface area contributed by atoms with E-state index >= 15 is 0 Å². The maximum absolute atomic E-state index is 6.32. The molecule has 4 nitrogen and oxygen atoms in total. The van der Waals surface area contributed by atoms with Crippen LogP contribution in [-0.4, -0.2) is 39.3 Å². The Morgan fingerprint density at radius 3 is 2.84 bits per heavy atom. The van der Waals surface area contributed by atoms with E-state index in [9.17, 15) is 0 Å². The summed E-state index contributed by atoms with van der Waals surface area (Å²) in [5.41, 5.74) is 0.972. The molecule has 1 aromatic carbocycles. The van der Waals surface area contributed by atoms with Crippen molar-refractivity contribution in [1.29, 1.82) is 0 Å². The van der Waals surface area contributed by atoms with E-state index < -0.39 is 0 Å². The first-order chi connectivity index (χ1) is 9.15. The lowest BCUT2D eigenvalue weighted by Gasteiger charge is -2.17. The van der Waals surface area contributed by atoms with Gasteiger partial charge in [0.05, 0.1) is 23.5 Å². The third-order valence-corrected chi connectivity index (χ3v) is 3.20. The van der Waals surface area contributed by atoms with E-state index in [1.807, 2.05) is 43.4 Å². The van der Waals surface area contributed by atoms with Gasteiger partial charge in [0.2, 0.25) is 0 Å². The fraction of sp³-hybridized carbons (Fsp3) is 0.357. The van der Waals surface area contributed by atoms with Crippen molar-refractivity contribution in [3.8, 4) is 0 Å². The Morgan fingerprint density at radius 1 is 1.37 bits per heavy atom. The number of fused-ring (bicyclic) bond motifs is 1. The van der Waals surface area contributed by atoms with E-state index in [1.54, 1.807) is 7.11 Å². The second kappa shape index (κ2) is 6.08. The van der Waals surface area contributed by atoms with Gasteiger partial charge in [-0.1, -0.05) is 23.7 Å². The highest BCUT2D eigenvalue weighted by Gasteiger charge is 2.11. The van der Waals surface area contributed by atoms with E-state index in [2.05, 4.69) is 10.3 Å². The number of hydrogen-bond donors (Lipinski definition) is 1. The summed E-state index contributed by atoms with van der Waals surface area (Å²) in [6.45, 7) is 1.39. The third kappa shape index (κ3) is 2.91. The Morgan fingerprint density at radius 2 is 2.16 bits per heavy atom. The summed E-state index contributed by atoms with van der Waals surface area (Å²) >= 11 is 6.32. The maximum Gasteiger partial charge on any atom is 0.137 e. The lowest BCUT2D eigenvalue weighted by Crippen LogP contribution is -2.13. The molecular formula is C14H18ClN3O. The fourth-order valence-electron chi connectivity index (χ4n) is 2.00. The van der Waals surface area contributed by atoms with Crippen LogP contribution in [0.1, 0.15) is 0 Å². The molecule has 1 heterocycles. The van der Waals surface area contributed by atoms with Crippen LogP contribution in [0.25, 0.3) is 10.8 Å². The molecule has 2 rings (SSSR count). The van der Waals surface area contributed by atoms with Gasteiger partial charge < -0.3 is 15.0 Å². The first-order valence-corrected chi connectivity index (χ1v) is 6.50. The van der Waals surface area contributed by atoms with Crippen LogP contribution in [0.2, 0.25) is 5.02 Å². The largest absolute Gasteiger partial charge is 0.383 e. The molecule has 0 spiro atoms. The van der Waals surface area contributed by atoms with Gasteiger partial charge in [0.15, 0.2) is 0 Å².